The van der Waals surface area contributed by atoms with Gasteiger partial charge in [0, 0.05) is 22.5 Å². The Hall–Kier alpha value is -4.62. The van der Waals surface area contributed by atoms with Crippen LogP contribution >= 0.6 is 0 Å². The molecular formula is C42H43N. The largest absolute Gasteiger partial charge is 0.310 e. The van der Waals surface area contributed by atoms with Crippen molar-refractivity contribution in [3.63, 3.8) is 0 Å². The van der Waals surface area contributed by atoms with E-state index in [1.54, 1.807) is 0 Å². The molecular weight excluding hydrogens is 518 g/mol. The van der Waals surface area contributed by atoms with E-state index in [9.17, 15) is 0 Å². The summed E-state index contributed by atoms with van der Waals surface area (Å²) < 4.78 is 0. The molecule has 43 heavy (non-hydrogen) atoms. The van der Waals surface area contributed by atoms with Crippen molar-refractivity contribution in [1.82, 2.24) is 0 Å². The van der Waals surface area contributed by atoms with Gasteiger partial charge in [-0.15, -0.1) is 0 Å². The molecule has 0 fully saturated rings. The van der Waals surface area contributed by atoms with Crippen LogP contribution < -0.4 is 4.90 Å². The van der Waals surface area contributed by atoms with Crippen LogP contribution in [0.1, 0.15) is 63.3 Å². The minimum Gasteiger partial charge on any atom is -0.310 e. The standard InChI is InChI=1S/C40H37N.C2H6/c1-6-11-29(7-2)30-15-17-31(18-16-30)32-19-21-34(22-20-32)41(33-12-9-8-10-13-33)35-23-25-37-36-24-14-28(3)26-38(36)40(4,5)39(37)27-35;1-2/h7-27H,2,6H2,1,3-5H3;1-2H3/b29-11+;. The average Bonchev–Trinajstić information content (AvgIpc) is 3.27. The molecule has 5 aromatic carbocycles. The zero-order valence-electron chi connectivity index (χ0n) is 26.5. The van der Waals surface area contributed by atoms with Gasteiger partial charge in [0.15, 0.2) is 0 Å². The topological polar surface area (TPSA) is 3.24 Å². The Labute approximate surface area is 258 Å². The number of nitrogens with zero attached hydrogens (tertiary/aromatic N) is 1. The highest BCUT2D eigenvalue weighted by Crippen LogP contribution is 2.50. The number of rotatable bonds is 7. The van der Waals surface area contributed by atoms with Crippen LogP contribution in [-0.2, 0) is 5.41 Å². The van der Waals surface area contributed by atoms with Gasteiger partial charge >= 0.3 is 0 Å². The van der Waals surface area contributed by atoms with Crippen LogP contribution in [0, 0.1) is 6.92 Å². The summed E-state index contributed by atoms with van der Waals surface area (Å²) >= 11 is 0. The van der Waals surface area contributed by atoms with Crippen LogP contribution in [0.5, 0.6) is 0 Å². The third-order valence-electron chi connectivity index (χ3n) is 8.41. The number of anilines is 3. The van der Waals surface area contributed by atoms with E-state index in [0.717, 1.165) is 17.8 Å². The number of hydrogen-bond donors (Lipinski definition) is 0. The van der Waals surface area contributed by atoms with E-state index in [0.29, 0.717) is 0 Å². The Morgan fingerprint density at radius 3 is 1.81 bits per heavy atom. The van der Waals surface area contributed by atoms with Gasteiger partial charge in [-0.1, -0.05) is 138 Å². The van der Waals surface area contributed by atoms with Gasteiger partial charge in [0.25, 0.3) is 0 Å². The van der Waals surface area contributed by atoms with Crippen LogP contribution in [0.4, 0.5) is 17.1 Å². The number of benzene rings is 5. The maximum Gasteiger partial charge on any atom is 0.0465 e. The van der Waals surface area contributed by atoms with Gasteiger partial charge in [-0.3, -0.25) is 0 Å². The smallest absolute Gasteiger partial charge is 0.0465 e. The fourth-order valence-corrected chi connectivity index (χ4v) is 6.20. The molecule has 6 rings (SSSR count). The second-order valence-corrected chi connectivity index (χ2v) is 11.5. The van der Waals surface area contributed by atoms with Crippen molar-refractivity contribution >= 4 is 22.6 Å². The maximum atomic E-state index is 3.98. The molecule has 0 atom stereocenters. The third kappa shape index (κ3) is 5.73. The molecule has 0 heterocycles. The molecule has 0 aliphatic heterocycles. The molecule has 1 aliphatic carbocycles. The molecule has 1 heteroatoms. The second kappa shape index (κ2) is 12.7. The fraction of sp³-hybridized carbons (Fsp3) is 0.190. The number of para-hydroxylation sites is 1. The summed E-state index contributed by atoms with van der Waals surface area (Å²) in [4.78, 5) is 2.36. The van der Waals surface area contributed by atoms with Crippen LogP contribution in [0.2, 0.25) is 0 Å². The van der Waals surface area contributed by atoms with Gasteiger partial charge in [0.2, 0.25) is 0 Å². The van der Waals surface area contributed by atoms with Crippen molar-refractivity contribution in [2.45, 2.75) is 53.4 Å². The Kier molecular flexibility index (Phi) is 8.83. The molecule has 0 N–H and O–H groups in total. The average molecular weight is 562 g/mol. The van der Waals surface area contributed by atoms with Gasteiger partial charge in [-0.05, 0) is 94.3 Å². The summed E-state index contributed by atoms with van der Waals surface area (Å²) in [5.74, 6) is 0. The second-order valence-electron chi connectivity index (χ2n) is 11.5. The van der Waals surface area contributed by atoms with E-state index in [-0.39, 0.29) is 5.41 Å². The van der Waals surface area contributed by atoms with E-state index >= 15 is 0 Å². The van der Waals surface area contributed by atoms with Crippen molar-refractivity contribution in [3.05, 3.63) is 156 Å². The zero-order chi connectivity index (χ0) is 30.6. The van der Waals surface area contributed by atoms with E-state index < -0.39 is 0 Å². The van der Waals surface area contributed by atoms with Gasteiger partial charge in [0.1, 0.15) is 0 Å². The quantitative estimate of drug-likeness (QED) is 0.179. The van der Waals surface area contributed by atoms with Crippen molar-refractivity contribution < 1.29 is 0 Å². The van der Waals surface area contributed by atoms with E-state index in [1.807, 2.05) is 19.9 Å². The Morgan fingerprint density at radius 1 is 0.674 bits per heavy atom. The summed E-state index contributed by atoms with van der Waals surface area (Å²) in [6.07, 6.45) is 5.15. The van der Waals surface area contributed by atoms with E-state index in [2.05, 4.69) is 161 Å². The fourth-order valence-electron chi connectivity index (χ4n) is 6.20. The van der Waals surface area contributed by atoms with Crippen LogP contribution in [0.15, 0.2) is 134 Å². The van der Waals surface area contributed by atoms with E-state index in [1.165, 1.54) is 55.8 Å². The molecule has 0 bridgehead atoms. The first-order chi connectivity index (χ1) is 20.9. The maximum absolute atomic E-state index is 3.98. The molecule has 5 aromatic rings. The summed E-state index contributed by atoms with van der Waals surface area (Å²) in [6.45, 7) is 17.0. The van der Waals surface area contributed by atoms with Crippen molar-refractivity contribution in [3.8, 4) is 22.3 Å². The number of hydrogen-bond acceptors (Lipinski definition) is 1. The first-order valence-corrected chi connectivity index (χ1v) is 15.6. The zero-order valence-corrected chi connectivity index (χ0v) is 26.5. The Balaban J connectivity index is 0.00000180. The molecule has 0 saturated heterocycles. The predicted octanol–water partition coefficient (Wildman–Crippen LogP) is 12.4. The molecule has 0 unspecified atom stereocenters. The lowest BCUT2D eigenvalue weighted by molar-refractivity contribution is 0.660. The van der Waals surface area contributed by atoms with Gasteiger partial charge < -0.3 is 4.90 Å². The molecule has 0 spiro atoms. The van der Waals surface area contributed by atoms with Crippen molar-refractivity contribution in [2.24, 2.45) is 0 Å². The minimum absolute atomic E-state index is 0.0527. The molecule has 0 radical (unpaired) electrons. The van der Waals surface area contributed by atoms with Crippen molar-refractivity contribution in [2.75, 3.05) is 4.90 Å². The lowest BCUT2D eigenvalue weighted by Gasteiger charge is -2.28. The molecule has 0 saturated carbocycles. The van der Waals surface area contributed by atoms with Crippen molar-refractivity contribution in [1.29, 1.82) is 0 Å². The summed E-state index contributed by atoms with van der Waals surface area (Å²) in [7, 11) is 0. The first kappa shape index (κ1) is 29.9. The predicted molar refractivity (Wildman–Crippen MR) is 189 cm³/mol. The Morgan fingerprint density at radius 2 is 1.21 bits per heavy atom. The summed E-state index contributed by atoms with van der Waals surface area (Å²) in [5, 5.41) is 0. The SMILES string of the molecule is C=C/C(=C\CC)c1ccc(-c2ccc(N(c3ccccc3)c3ccc4c(c3)C(C)(C)c3cc(C)ccc3-4)cc2)cc1.CC. The van der Waals surface area contributed by atoms with Crippen LogP contribution in [-0.4, -0.2) is 0 Å². The summed E-state index contributed by atoms with van der Waals surface area (Å²) in [6, 6.07) is 42.2. The minimum atomic E-state index is -0.0527. The molecule has 0 amide bonds. The van der Waals surface area contributed by atoms with Gasteiger partial charge in [0.05, 0.1) is 0 Å². The van der Waals surface area contributed by atoms with Gasteiger partial charge in [-0.25, -0.2) is 0 Å². The van der Waals surface area contributed by atoms with Crippen LogP contribution in [0.3, 0.4) is 0 Å². The first-order valence-electron chi connectivity index (χ1n) is 15.6. The number of fused-ring (bicyclic) bond motifs is 3. The Bertz CT molecular complexity index is 1740. The van der Waals surface area contributed by atoms with Gasteiger partial charge in [-0.2, -0.15) is 0 Å². The highest BCUT2D eigenvalue weighted by atomic mass is 15.1. The number of allylic oxidation sites excluding steroid dienone is 3. The van der Waals surface area contributed by atoms with E-state index in [4.69, 9.17) is 0 Å². The summed E-state index contributed by atoms with van der Waals surface area (Å²) in [5.41, 5.74) is 15.0. The normalized spacial score (nSPS) is 12.9. The number of aryl methyl sites for hydroxylation is 1. The molecule has 216 valence electrons. The molecule has 1 nitrogen and oxygen atoms in total. The molecule has 0 aromatic heterocycles. The monoisotopic (exact) mass is 561 g/mol. The lowest BCUT2D eigenvalue weighted by atomic mass is 9.82. The highest BCUT2D eigenvalue weighted by Gasteiger charge is 2.36. The molecule has 1 aliphatic rings. The lowest BCUT2D eigenvalue weighted by Crippen LogP contribution is -2.16. The third-order valence-corrected chi connectivity index (χ3v) is 8.41. The van der Waals surface area contributed by atoms with Crippen LogP contribution in [0.25, 0.3) is 27.8 Å². The highest BCUT2D eigenvalue weighted by molar-refractivity contribution is 5.86.